The molecule has 0 atom stereocenters. The second-order valence-corrected chi connectivity index (χ2v) is 4.97. The van der Waals surface area contributed by atoms with Crippen LogP contribution in [0.25, 0.3) is 0 Å². The molecular weight excluding hydrogens is 308 g/mol. The first-order chi connectivity index (χ1) is 11.7. The average molecular weight is 332 g/mol. The molecule has 0 bridgehead atoms. The maximum absolute atomic E-state index is 8.90. The number of rotatable bonds is 9. The number of hydrogen-bond donors (Lipinski definition) is 3. The summed E-state index contributed by atoms with van der Waals surface area (Å²) in [5.74, 6) is 0.720. The molecule has 0 amide bonds. The van der Waals surface area contributed by atoms with Crippen molar-refractivity contribution in [1.82, 2.24) is 15.0 Å². The van der Waals surface area contributed by atoms with Gasteiger partial charge in [0.05, 0.1) is 13.7 Å². The van der Waals surface area contributed by atoms with Crippen molar-refractivity contribution in [2.24, 2.45) is 0 Å². The fraction of sp³-hybridized carbons (Fsp3) is 0.438. The van der Waals surface area contributed by atoms with Gasteiger partial charge in [0.2, 0.25) is 11.9 Å². The van der Waals surface area contributed by atoms with Crippen LogP contribution in [0.5, 0.6) is 6.01 Å². The predicted octanol–water partition coefficient (Wildman–Crippen LogP) is 1.87. The van der Waals surface area contributed by atoms with Crippen molar-refractivity contribution in [1.29, 1.82) is 0 Å². The summed E-state index contributed by atoms with van der Waals surface area (Å²) in [5, 5.41) is 15.0. The topological polar surface area (TPSA) is 95.4 Å². The Bertz CT molecular complexity index is 648. The summed E-state index contributed by atoms with van der Waals surface area (Å²) in [6, 6.07) is 8.25. The van der Waals surface area contributed by atoms with Gasteiger partial charge >= 0.3 is 6.01 Å². The lowest BCUT2D eigenvalue weighted by Gasteiger charge is -2.21. The van der Waals surface area contributed by atoms with Gasteiger partial charge < -0.3 is 25.4 Å². The molecule has 24 heavy (non-hydrogen) atoms. The van der Waals surface area contributed by atoms with E-state index in [-0.39, 0.29) is 12.6 Å². The smallest absolute Gasteiger partial charge is 0.322 e. The Hall–Kier alpha value is -2.61. The van der Waals surface area contributed by atoms with Gasteiger partial charge in [-0.05, 0) is 32.0 Å². The zero-order chi connectivity index (χ0) is 17.4. The molecule has 0 spiro atoms. The number of aliphatic hydroxyl groups is 1. The first-order valence-electron chi connectivity index (χ1n) is 7.97. The van der Waals surface area contributed by atoms with Gasteiger partial charge in [-0.1, -0.05) is 6.07 Å². The highest BCUT2D eigenvalue weighted by Crippen LogP contribution is 2.22. The number of ether oxygens (including phenoxy) is 1. The van der Waals surface area contributed by atoms with Crippen LogP contribution in [0.3, 0.4) is 0 Å². The molecule has 0 aliphatic rings. The molecule has 2 aromatic rings. The average Bonchev–Trinajstić information content (AvgIpc) is 2.61. The van der Waals surface area contributed by atoms with Gasteiger partial charge in [-0.15, -0.1) is 0 Å². The molecule has 0 fully saturated rings. The molecule has 2 rings (SSSR count). The van der Waals surface area contributed by atoms with Crippen LogP contribution in [-0.2, 0) is 0 Å². The van der Waals surface area contributed by atoms with Gasteiger partial charge in [-0.3, -0.25) is 0 Å². The maximum atomic E-state index is 8.90. The number of benzene rings is 1. The number of hydrogen-bond acceptors (Lipinski definition) is 8. The Morgan fingerprint density at radius 2 is 1.88 bits per heavy atom. The van der Waals surface area contributed by atoms with Crippen molar-refractivity contribution in [3.63, 3.8) is 0 Å². The maximum Gasteiger partial charge on any atom is 0.322 e. The summed E-state index contributed by atoms with van der Waals surface area (Å²) in [6.45, 7) is 6.47. The van der Waals surface area contributed by atoms with Crippen molar-refractivity contribution in [2.75, 3.05) is 48.9 Å². The summed E-state index contributed by atoms with van der Waals surface area (Å²) in [6.07, 6.45) is 0. The largest absolute Gasteiger partial charge is 0.467 e. The molecular formula is C16H24N6O2. The Kier molecular flexibility index (Phi) is 6.56. The van der Waals surface area contributed by atoms with Crippen molar-refractivity contribution in [2.45, 2.75) is 13.8 Å². The number of anilines is 4. The van der Waals surface area contributed by atoms with E-state index in [1.165, 1.54) is 7.11 Å². The number of methoxy groups -OCH3 is 1. The van der Waals surface area contributed by atoms with E-state index in [0.717, 1.165) is 24.5 Å². The molecule has 0 radical (unpaired) electrons. The molecule has 1 aromatic carbocycles. The highest BCUT2D eigenvalue weighted by molar-refractivity contribution is 5.62. The van der Waals surface area contributed by atoms with Gasteiger partial charge in [-0.25, -0.2) is 0 Å². The minimum atomic E-state index is -0.0112. The van der Waals surface area contributed by atoms with Crippen LogP contribution in [0.1, 0.15) is 13.8 Å². The fourth-order valence-corrected chi connectivity index (χ4v) is 2.25. The fourth-order valence-electron chi connectivity index (χ4n) is 2.25. The monoisotopic (exact) mass is 332 g/mol. The first-order valence-corrected chi connectivity index (χ1v) is 7.97. The summed E-state index contributed by atoms with van der Waals surface area (Å²) in [7, 11) is 1.50. The summed E-state index contributed by atoms with van der Waals surface area (Å²) in [5.41, 5.74) is 2.01. The normalized spacial score (nSPS) is 10.3. The lowest BCUT2D eigenvalue weighted by atomic mass is 10.2. The molecule has 0 saturated carbocycles. The highest BCUT2D eigenvalue weighted by Gasteiger charge is 2.08. The van der Waals surface area contributed by atoms with Crippen LogP contribution in [0.2, 0.25) is 0 Å². The van der Waals surface area contributed by atoms with Gasteiger partial charge in [0.15, 0.2) is 0 Å². The molecule has 1 heterocycles. The van der Waals surface area contributed by atoms with Crippen molar-refractivity contribution >= 4 is 23.3 Å². The molecule has 3 N–H and O–H groups in total. The lowest BCUT2D eigenvalue weighted by molar-refractivity contribution is 0.310. The number of aliphatic hydroxyl groups excluding tert-OH is 1. The van der Waals surface area contributed by atoms with Crippen LogP contribution in [0, 0.1) is 0 Å². The SMILES string of the molecule is CCN(CC)c1cccc(Nc2nc(NCCO)nc(OC)n2)c1. The van der Waals surface area contributed by atoms with E-state index in [9.17, 15) is 0 Å². The third-order valence-electron chi connectivity index (χ3n) is 3.42. The first kappa shape index (κ1) is 17.7. The van der Waals surface area contributed by atoms with E-state index in [1.54, 1.807) is 0 Å². The van der Waals surface area contributed by atoms with E-state index >= 15 is 0 Å². The highest BCUT2D eigenvalue weighted by atomic mass is 16.5. The van der Waals surface area contributed by atoms with E-state index in [2.05, 4.69) is 50.4 Å². The Balaban J connectivity index is 2.22. The lowest BCUT2D eigenvalue weighted by Crippen LogP contribution is -2.21. The minimum absolute atomic E-state index is 0.0112. The quantitative estimate of drug-likeness (QED) is 0.640. The van der Waals surface area contributed by atoms with Crippen LogP contribution in [0.15, 0.2) is 24.3 Å². The molecule has 1 aromatic heterocycles. The van der Waals surface area contributed by atoms with E-state index in [4.69, 9.17) is 9.84 Å². The molecule has 0 saturated heterocycles. The minimum Gasteiger partial charge on any atom is -0.467 e. The van der Waals surface area contributed by atoms with Gasteiger partial charge in [0.25, 0.3) is 0 Å². The van der Waals surface area contributed by atoms with Crippen molar-refractivity contribution in [3.05, 3.63) is 24.3 Å². The van der Waals surface area contributed by atoms with Gasteiger partial charge in [-0.2, -0.15) is 15.0 Å². The molecule has 0 aliphatic heterocycles. The van der Waals surface area contributed by atoms with E-state index in [0.29, 0.717) is 18.4 Å². The molecule has 8 nitrogen and oxygen atoms in total. The predicted molar refractivity (Wildman–Crippen MR) is 95.2 cm³/mol. The standard InChI is InChI=1S/C16H24N6O2/c1-4-22(5-2)13-8-6-7-12(11-13)18-15-19-14(17-9-10-23)20-16(21-15)24-3/h6-8,11,23H,4-5,9-10H2,1-3H3,(H2,17,18,19,20,21). The number of nitrogens with one attached hydrogen (secondary N) is 2. The molecule has 130 valence electrons. The Morgan fingerprint density at radius 3 is 2.54 bits per heavy atom. The van der Waals surface area contributed by atoms with Crippen LogP contribution in [-0.4, -0.2) is 53.4 Å². The van der Waals surface area contributed by atoms with Crippen molar-refractivity contribution in [3.8, 4) is 6.01 Å². The Labute approximate surface area is 141 Å². The van der Waals surface area contributed by atoms with Crippen LogP contribution < -0.4 is 20.3 Å². The van der Waals surface area contributed by atoms with Crippen LogP contribution >= 0.6 is 0 Å². The summed E-state index contributed by atoms with van der Waals surface area (Å²) in [4.78, 5) is 14.8. The zero-order valence-electron chi connectivity index (χ0n) is 14.3. The van der Waals surface area contributed by atoms with Gasteiger partial charge in [0, 0.05) is 31.0 Å². The molecule has 0 unspecified atom stereocenters. The second kappa shape index (κ2) is 8.88. The summed E-state index contributed by atoms with van der Waals surface area (Å²) < 4.78 is 5.10. The van der Waals surface area contributed by atoms with E-state index in [1.807, 2.05) is 18.2 Å². The number of nitrogens with zero attached hydrogens (tertiary/aromatic N) is 4. The third-order valence-corrected chi connectivity index (χ3v) is 3.42. The van der Waals surface area contributed by atoms with Gasteiger partial charge in [0.1, 0.15) is 0 Å². The van der Waals surface area contributed by atoms with Crippen LogP contribution in [0.4, 0.5) is 23.3 Å². The Morgan fingerprint density at radius 1 is 1.12 bits per heavy atom. The van der Waals surface area contributed by atoms with E-state index < -0.39 is 0 Å². The third kappa shape index (κ3) is 4.69. The second-order valence-electron chi connectivity index (χ2n) is 4.97. The molecule has 0 aliphatic carbocycles. The molecule has 8 heteroatoms. The number of aromatic nitrogens is 3. The van der Waals surface area contributed by atoms with Crippen molar-refractivity contribution < 1.29 is 9.84 Å². The zero-order valence-corrected chi connectivity index (χ0v) is 14.3. The summed E-state index contributed by atoms with van der Waals surface area (Å²) >= 11 is 0.